The molecule has 2 N–H and O–H groups in total. The van der Waals surface area contributed by atoms with E-state index < -0.39 is 5.97 Å². The van der Waals surface area contributed by atoms with Gasteiger partial charge in [0.15, 0.2) is 0 Å². The van der Waals surface area contributed by atoms with Gasteiger partial charge in [0.05, 0.1) is 5.56 Å². The first-order valence-electron chi connectivity index (χ1n) is 6.23. The Morgan fingerprint density at radius 3 is 2.83 bits per heavy atom. The van der Waals surface area contributed by atoms with E-state index in [1.165, 1.54) is 6.42 Å². The van der Waals surface area contributed by atoms with Crippen molar-refractivity contribution in [3.05, 3.63) is 29.3 Å². The highest BCUT2D eigenvalue weighted by atomic mass is 32.2. The monoisotopic (exact) mass is 265 g/mol. The molecule has 2 rings (SSSR count). The highest BCUT2D eigenvalue weighted by Gasteiger charge is 2.24. The van der Waals surface area contributed by atoms with Crippen LogP contribution in [-0.2, 0) is 0 Å². The van der Waals surface area contributed by atoms with Crippen molar-refractivity contribution in [2.45, 2.75) is 37.5 Å². The van der Waals surface area contributed by atoms with Crippen LogP contribution >= 0.6 is 11.8 Å². The maximum atomic E-state index is 11.2. The normalized spacial score (nSPS) is 23.0. The molecule has 0 amide bonds. The molecule has 4 heteroatoms. The summed E-state index contributed by atoms with van der Waals surface area (Å²) in [5.41, 5.74) is 2.21. The molecule has 1 aromatic carbocycles. The number of anilines is 1. The van der Waals surface area contributed by atoms with Crippen molar-refractivity contribution in [1.29, 1.82) is 0 Å². The van der Waals surface area contributed by atoms with Crippen molar-refractivity contribution in [2.24, 2.45) is 0 Å². The first-order valence-corrected chi connectivity index (χ1v) is 7.52. The van der Waals surface area contributed by atoms with Crippen molar-refractivity contribution < 1.29 is 9.90 Å². The van der Waals surface area contributed by atoms with Crippen LogP contribution in [0.3, 0.4) is 0 Å². The minimum absolute atomic E-state index is 0.369. The Morgan fingerprint density at radius 1 is 1.44 bits per heavy atom. The Hall–Kier alpha value is -1.16. The summed E-state index contributed by atoms with van der Waals surface area (Å²) in [5.74, 6) is -0.864. The molecule has 0 aromatic heterocycles. The van der Waals surface area contributed by atoms with E-state index in [0.717, 1.165) is 24.1 Å². The molecule has 3 nitrogen and oxygen atoms in total. The summed E-state index contributed by atoms with van der Waals surface area (Å²) in [4.78, 5) is 11.2. The van der Waals surface area contributed by atoms with E-state index in [1.807, 2.05) is 30.8 Å². The third kappa shape index (κ3) is 2.99. The molecule has 1 fully saturated rings. The molecule has 0 saturated heterocycles. The molecule has 0 spiro atoms. The largest absolute Gasteiger partial charge is 0.478 e. The topological polar surface area (TPSA) is 49.3 Å². The molecule has 0 aliphatic heterocycles. The molecule has 2 unspecified atom stereocenters. The number of carboxylic acid groups (broad SMARTS) is 1. The average molecular weight is 265 g/mol. The summed E-state index contributed by atoms with van der Waals surface area (Å²) >= 11 is 1.90. The van der Waals surface area contributed by atoms with Gasteiger partial charge in [-0.05, 0) is 50.1 Å². The fourth-order valence-electron chi connectivity index (χ4n) is 2.47. The molecule has 1 aliphatic rings. The lowest BCUT2D eigenvalue weighted by Crippen LogP contribution is -2.18. The second-order valence-electron chi connectivity index (χ2n) is 4.87. The molecule has 2 atom stereocenters. The number of benzene rings is 1. The van der Waals surface area contributed by atoms with Crippen LogP contribution in [-0.4, -0.2) is 28.6 Å². The lowest BCUT2D eigenvalue weighted by molar-refractivity contribution is 0.0698. The molecule has 98 valence electrons. The number of nitrogens with one attached hydrogen (secondary N) is 1. The smallest absolute Gasteiger partial charge is 0.337 e. The summed E-state index contributed by atoms with van der Waals surface area (Å²) < 4.78 is 0. The van der Waals surface area contributed by atoms with Crippen LogP contribution in [0.4, 0.5) is 5.69 Å². The Bertz CT molecular complexity index is 447. The Labute approximate surface area is 112 Å². The van der Waals surface area contributed by atoms with Gasteiger partial charge in [-0.15, -0.1) is 0 Å². The lowest BCUT2D eigenvalue weighted by atomic mass is 10.1. The zero-order chi connectivity index (χ0) is 13.1. The van der Waals surface area contributed by atoms with E-state index in [2.05, 4.69) is 11.6 Å². The molecule has 1 aliphatic carbocycles. The Morgan fingerprint density at radius 2 is 2.22 bits per heavy atom. The van der Waals surface area contributed by atoms with E-state index in [-0.39, 0.29) is 0 Å². The van der Waals surface area contributed by atoms with Gasteiger partial charge >= 0.3 is 5.97 Å². The zero-order valence-corrected chi connectivity index (χ0v) is 11.6. The van der Waals surface area contributed by atoms with Crippen molar-refractivity contribution in [1.82, 2.24) is 0 Å². The molecule has 1 saturated carbocycles. The average Bonchev–Trinajstić information content (AvgIpc) is 2.76. The standard InChI is InChI=1S/C14H19NO2S/c1-9-3-6-12(14(16)17)13(7-9)15-10-4-5-11(8-10)18-2/h3,6-7,10-11,15H,4-5,8H2,1-2H3,(H,16,17). The number of aryl methyl sites for hydroxylation is 1. The minimum Gasteiger partial charge on any atom is -0.478 e. The van der Waals surface area contributed by atoms with E-state index >= 15 is 0 Å². The Balaban J connectivity index is 2.13. The number of aromatic carboxylic acids is 1. The maximum absolute atomic E-state index is 11.2. The van der Waals surface area contributed by atoms with Gasteiger partial charge in [-0.1, -0.05) is 6.07 Å². The first kappa shape index (κ1) is 13.3. The fraction of sp³-hybridized carbons (Fsp3) is 0.500. The summed E-state index contributed by atoms with van der Waals surface area (Å²) in [6.45, 7) is 1.98. The zero-order valence-electron chi connectivity index (χ0n) is 10.8. The van der Waals surface area contributed by atoms with Crippen LogP contribution in [0, 0.1) is 6.92 Å². The van der Waals surface area contributed by atoms with Crippen molar-refractivity contribution in [3.63, 3.8) is 0 Å². The van der Waals surface area contributed by atoms with Gasteiger partial charge in [-0.3, -0.25) is 0 Å². The third-order valence-electron chi connectivity index (χ3n) is 3.48. The molecule has 1 aromatic rings. The molecular weight excluding hydrogens is 246 g/mol. The first-order chi connectivity index (χ1) is 8.60. The van der Waals surface area contributed by atoms with Crippen molar-refractivity contribution >= 4 is 23.4 Å². The number of thioether (sulfide) groups is 1. The molecule has 0 radical (unpaired) electrons. The van der Waals surface area contributed by atoms with Crippen LogP contribution in [0.1, 0.15) is 35.2 Å². The highest BCUT2D eigenvalue weighted by Crippen LogP contribution is 2.31. The van der Waals surface area contributed by atoms with Crippen LogP contribution in [0.15, 0.2) is 18.2 Å². The molecule has 0 bridgehead atoms. The molecule has 0 heterocycles. The van der Waals surface area contributed by atoms with Crippen LogP contribution in [0.5, 0.6) is 0 Å². The summed E-state index contributed by atoms with van der Waals surface area (Å²) in [7, 11) is 0. The lowest BCUT2D eigenvalue weighted by Gasteiger charge is -2.16. The molecular formula is C14H19NO2S. The third-order valence-corrected chi connectivity index (χ3v) is 4.58. The van der Waals surface area contributed by atoms with Crippen LogP contribution in [0.2, 0.25) is 0 Å². The van der Waals surface area contributed by atoms with Gasteiger partial charge in [0, 0.05) is 17.0 Å². The Kier molecular flexibility index (Phi) is 4.17. The van der Waals surface area contributed by atoms with Crippen molar-refractivity contribution in [2.75, 3.05) is 11.6 Å². The number of carbonyl (C=O) groups is 1. The van der Waals surface area contributed by atoms with Crippen LogP contribution < -0.4 is 5.32 Å². The van der Waals surface area contributed by atoms with Gasteiger partial charge in [0.2, 0.25) is 0 Å². The van der Waals surface area contributed by atoms with Crippen LogP contribution in [0.25, 0.3) is 0 Å². The number of rotatable bonds is 4. The second kappa shape index (κ2) is 5.65. The fourth-order valence-corrected chi connectivity index (χ4v) is 3.27. The van der Waals surface area contributed by atoms with Gasteiger partial charge in [0.1, 0.15) is 0 Å². The van der Waals surface area contributed by atoms with Gasteiger partial charge < -0.3 is 10.4 Å². The SMILES string of the molecule is CSC1CCC(Nc2cc(C)ccc2C(=O)O)C1. The van der Waals surface area contributed by atoms with E-state index in [4.69, 9.17) is 0 Å². The highest BCUT2D eigenvalue weighted by molar-refractivity contribution is 7.99. The number of hydrogen-bond acceptors (Lipinski definition) is 3. The summed E-state index contributed by atoms with van der Waals surface area (Å²) in [6.07, 6.45) is 5.60. The van der Waals surface area contributed by atoms with E-state index in [1.54, 1.807) is 6.07 Å². The summed E-state index contributed by atoms with van der Waals surface area (Å²) in [5, 5.41) is 13.3. The second-order valence-corrected chi connectivity index (χ2v) is 6.00. The number of carboxylic acids is 1. The predicted molar refractivity (Wildman–Crippen MR) is 76.7 cm³/mol. The predicted octanol–water partition coefficient (Wildman–Crippen LogP) is 3.39. The summed E-state index contributed by atoms with van der Waals surface area (Å²) in [6, 6.07) is 5.85. The number of hydrogen-bond donors (Lipinski definition) is 2. The van der Waals surface area contributed by atoms with Gasteiger partial charge in [0.25, 0.3) is 0 Å². The maximum Gasteiger partial charge on any atom is 0.337 e. The minimum atomic E-state index is -0.864. The molecule has 18 heavy (non-hydrogen) atoms. The van der Waals surface area contributed by atoms with Gasteiger partial charge in [-0.25, -0.2) is 4.79 Å². The quantitative estimate of drug-likeness (QED) is 0.876. The van der Waals surface area contributed by atoms with E-state index in [9.17, 15) is 9.90 Å². The van der Waals surface area contributed by atoms with Crippen molar-refractivity contribution in [3.8, 4) is 0 Å². The van der Waals surface area contributed by atoms with E-state index in [0.29, 0.717) is 16.9 Å². The van der Waals surface area contributed by atoms with Gasteiger partial charge in [-0.2, -0.15) is 11.8 Å².